The van der Waals surface area contributed by atoms with E-state index in [1.54, 1.807) is 6.26 Å². The molecule has 5 heteroatoms. The van der Waals surface area contributed by atoms with Crippen LogP contribution >= 0.6 is 0 Å². The number of nitrogens with one attached hydrogen (secondary N) is 2. The summed E-state index contributed by atoms with van der Waals surface area (Å²) in [5.74, 6) is 1.76. The molecule has 1 aliphatic heterocycles. The molecule has 0 amide bonds. The summed E-state index contributed by atoms with van der Waals surface area (Å²) >= 11 is 0. The monoisotopic (exact) mass is 306 g/mol. The predicted molar refractivity (Wildman–Crippen MR) is 91.1 cm³/mol. The first-order chi connectivity index (χ1) is 10.9. The second-order valence-electron chi connectivity index (χ2n) is 5.81. The van der Waals surface area contributed by atoms with Gasteiger partial charge in [-0.3, -0.25) is 0 Å². The smallest absolute Gasteiger partial charge is 0.191 e. The van der Waals surface area contributed by atoms with Gasteiger partial charge in [0.1, 0.15) is 12.3 Å². The fourth-order valence-electron chi connectivity index (χ4n) is 2.77. The van der Waals surface area contributed by atoms with E-state index in [4.69, 9.17) is 4.42 Å². The Hall–Kier alpha value is -1.49. The molecule has 1 fully saturated rings. The predicted octanol–water partition coefficient (Wildman–Crippen LogP) is 2.60. The van der Waals surface area contributed by atoms with Gasteiger partial charge in [-0.2, -0.15) is 0 Å². The minimum Gasteiger partial charge on any atom is -0.467 e. The van der Waals surface area contributed by atoms with Gasteiger partial charge in [-0.25, -0.2) is 4.99 Å². The van der Waals surface area contributed by atoms with Crippen molar-refractivity contribution in [2.45, 2.75) is 45.6 Å². The standard InChI is InChI=1S/C17H30N4O/c1-2-18-17(20-15-16-9-7-14-22-16)19-10-8-13-21-11-5-3-4-6-12-21/h7,9,14H,2-6,8,10-13,15H2,1H3,(H2,18,19,20). The fraction of sp³-hybridized carbons (Fsp3) is 0.706. The average Bonchev–Trinajstić information content (AvgIpc) is 2.92. The van der Waals surface area contributed by atoms with Crippen LogP contribution in [0.5, 0.6) is 0 Å². The zero-order chi connectivity index (χ0) is 15.5. The third-order valence-corrected chi connectivity index (χ3v) is 3.96. The van der Waals surface area contributed by atoms with Crippen LogP contribution in [0, 0.1) is 0 Å². The number of guanidine groups is 1. The summed E-state index contributed by atoms with van der Waals surface area (Å²) in [4.78, 5) is 7.14. The summed E-state index contributed by atoms with van der Waals surface area (Å²) in [6, 6.07) is 3.85. The second kappa shape index (κ2) is 10.3. The highest BCUT2D eigenvalue weighted by Crippen LogP contribution is 2.09. The summed E-state index contributed by atoms with van der Waals surface area (Å²) in [5.41, 5.74) is 0. The lowest BCUT2D eigenvalue weighted by atomic mass is 10.2. The normalized spacial score (nSPS) is 17.2. The Kier molecular flexibility index (Phi) is 7.88. The molecule has 0 atom stereocenters. The van der Waals surface area contributed by atoms with E-state index in [-0.39, 0.29) is 0 Å². The molecule has 5 nitrogen and oxygen atoms in total. The van der Waals surface area contributed by atoms with Crippen molar-refractivity contribution in [2.24, 2.45) is 4.99 Å². The van der Waals surface area contributed by atoms with Gasteiger partial charge in [-0.1, -0.05) is 12.8 Å². The van der Waals surface area contributed by atoms with Gasteiger partial charge in [0, 0.05) is 13.1 Å². The molecule has 124 valence electrons. The van der Waals surface area contributed by atoms with Gasteiger partial charge >= 0.3 is 0 Å². The lowest BCUT2D eigenvalue weighted by Gasteiger charge is -2.20. The molecule has 0 spiro atoms. The molecule has 0 bridgehead atoms. The van der Waals surface area contributed by atoms with Crippen molar-refractivity contribution in [3.63, 3.8) is 0 Å². The third kappa shape index (κ3) is 6.52. The molecular weight excluding hydrogens is 276 g/mol. The molecule has 22 heavy (non-hydrogen) atoms. The van der Waals surface area contributed by atoms with Crippen molar-refractivity contribution in [2.75, 3.05) is 32.7 Å². The summed E-state index contributed by atoms with van der Waals surface area (Å²) in [6.45, 7) is 8.22. The van der Waals surface area contributed by atoms with E-state index in [2.05, 4.69) is 27.4 Å². The molecule has 0 saturated carbocycles. The van der Waals surface area contributed by atoms with Crippen molar-refractivity contribution in [1.82, 2.24) is 15.5 Å². The molecule has 2 rings (SSSR count). The molecule has 0 aliphatic carbocycles. The molecule has 0 radical (unpaired) electrons. The molecule has 0 aromatic carbocycles. The molecule has 1 aromatic rings. The zero-order valence-corrected chi connectivity index (χ0v) is 13.8. The zero-order valence-electron chi connectivity index (χ0n) is 13.8. The fourth-order valence-corrected chi connectivity index (χ4v) is 2.77. The minimum atomic E-state index is 0.578. The first kappa shape index (κ1) is 16.9. The van der Waals surface area contributed by atoms with Crippen molar-refractivity contribution in [3.8, 4) is 0 Å². The Morgan fingerprint density at radius 1 is 1.23 bits per heavy atom. The highest BCUT2D eigenvalue weighted by atomic mass is 16.3. The van der Waals surface area contributed by atoms with Crippen LogP contribution in [0.2, 0.25) is 0 Å². The largest absolute Gasteiger partial charge is 0.467 e. The number of hydrogen-bond acceptors (Lipinski definition) is 3. The molecule has 1 aliphatic rings. The molecule has 0 unspecified atom stereocenters. The van der Waals surface area contributed by atoms with Gasteiger partial charge in [0.25, 0.3) is 0 Å². The second-order valence-corrected chi connectivity index (χ2v) is 5.81. The number of hydrogen-bond donors (Lipinski definition) is 2. The van der Waals surface area contributed by atoms with Crippen LogP contribution in [0.3, 0.4) is 0 Å². The summed E-state index contributed by atoms with van der Waals surface area (Å²) < 4.78 is 5.31. The lowest BCUT2D eigenvalue weighted by Crippen LogP contribution is -2.38. The quantitative estimate of drug-likeness (QED) is 0.462. The van der Waals surface area contributed by atoms with Crippen LogP contribution in [0.4, 0.5) is 0 Å². The number of likely N-dealkylation sites (tertiary alicyclic amines) is 1. The Balaban J connectivity index is 1.66. The topological polar surface area (TPSA) is 52.8 Å². The highest BCUT2D eigenvalue weighted by Gasteiger charge is 2.08. The maximum absolute atomic E-state index is 5.31. The van der Waals surface area contributed by atoms with E-state index in [0.717, 1.165) is 31.2 Å². The molecule has 1 aromatic heterocycles. The number of nitrogens with zero attached hydrogens (tertiary/aromatic N) is 2. The molecule has 2 N–H and O–H groups in total. The first-order valence-electron chi connectivity index (χ1n) is 8.65. The number of rotatable bonds is 7. The number of furan rings is 1. The van der Waals surface area contributed by atoms with Crippen molar-refractivity contribution >= 4 is 5.96 Å². The molecular formula is C17H30N4O. The van der Waals surface area contributed by atoms with Gasteiger partial charge in [0.05, 0.1) is 6.26 Å². The Bertz CT molecular complexity index is 408. The van der Waals surface area contributed by atoms with E-state index in [1.807, 2.05) is 12.1 Å². The summed E-state index contributed by atoms with van der Waals surface area (Å²) in [7, 11) is 0. The van der Waals surface area contributed by atoms with Crippen LogP contribution in [-0.4, -0.2) is 43.6 Å². The summed E-state index contributed by atoms with van der Waals surface area (Å²) in [6.07, 6.45) is 8.37. The van der Waals surface area contributed by atoms with Crippen molar-refractivity contribution < 1.29 is 4.42 Å². The van der Waals surface area contributed by atoms with Crippen LogP contribution in [0.1, 0.15) is 44.8 Å². The van der Waals surface area contributed by atoms with Crippen molar-refractivity contribution in [1.29, 1.82) is 0 Å². The van der Waals surface area contributed by atoms with Gasteiger partial charge in [-0.05, 0) is 58.0 Å². The summed E-state index contributed by atoms with van der Waals surface area (Å²) in [5, 5.41) is 6.69. The van der Waals surface area contributed by atoms with Gasteiger partial charge < -0.3 is 20.0 Å². The van der Waals surface area contributed by atoms with Crippen LogP contribution in [0.15, 0.2) is 27.8 Å². The highest BCUT2D eigenvalue weighted by molar-refractivity contribution is 5.79. The van der Waals surface area contributed by atoms with Crippen LogP contribution in [-0.2, 0) is 6.54 Å². The van der Waals surface area contributed by atoms with Gasteiger partial charge in [0.2, 0.25) is 0 Å². The van der Waals surface area contributed by atoms with Gasteiger partial charge in [-0.15, -0.1) is 0 Å². The Morgan fingerprint density at radius 3 is 2.73 bits per heavy atom. The SMILES string of the molecule is CCNC(=NCc1ccco1)NCCCN1CCCCCC1. The first-order valence-corrected chi connectivity index (χ1v) is 8.65. The maximum atomic E-state index is 5.31. The minimum absolute atomic E-state index is 0.578. The Labute approximate surface area is 134 Å². The van der Waals surface area contributed by atoms with E-state index in [9.17, 15) is 0 Å². The average molecular weight is 306 g/mol. The molecule has 1 saturated heterocycles. The van der Waals surface area contributed by atoms with Crippen LogP contribution < -0.4 is 10.6 Å². The van der Waals surface area contributed by atoms with Crippen molar-refractivity contribution in [3.05, 3.63) is 24.2 Å². The van der Waals surface area contributed by atoms with E-state index >= 15 is 0 Å². The third-order valence-electron chi connectivity index (χ3n) is 3.96. The number of aliphatic imine (C=N–C) groups is 1. The van der Waals surface area contributed by atoms with E-state index < -0.39 is 0 Å². The Morgan fingerprint density at radius 2 is 2.05 bits per heavy atom. The molecule has 2 heterocycles. The lowest BCUT2D eigenvalue weighted by molar-refractivity contribution is 0.282. The van der Waals surface area contributed by atoms with Gasteiger partial charge in [0.15, 0.2) is 5.96 Å². The van der Waals surface area contributed by atoms with E-state index in [1.165, 1.54) is 45.3 Å². The van der Waals surface area contributed by atoms with E-state index in [0.29, 0.717) is 6.54 Å². The maximum Gasteiger partial charge on any atom is 0.191 e. The van der Waals surface area contributed by atoms with Crippen LogP contribution in [0.25, 0.3) is 0 Å².